The van der Waals surface area contributed by atoms with Crippen LogP contribution in [0.1, 0.15) is 6.92 Å². The number of aromatic amines is 2. The topological polar surface area (TPSA) is 115 Å². The molecule has 8 nitrogen and oxygen atoms in total. The van der Waals surface area contributed by atoms with Crippen molar-refractivity contribution >= 4 is 33.8 Å². The number of carboxylic acid groups (broad SMARTS) is 1. The molecule has 8 heteroatoms. The van der Waals surface area contributed by atoms with E-state index in [0.717, 1.165) is 15.8 Å². The quantitative estimate of drug-likeness (QED) is 0.526. The van der Waals surface area contributed by atoms with Crippen LogP contribution in [0.3, 0.4) is 0 Å². The predicted octanol–water partition coefficient (Wildman–Crippen LogP) is 2.97. The smallest absolute Gasteiger partial charge is 0.414 e. The molecule has 0 unspecified atom stereocenters. The maximum atomic E-state index is 12.0. The van der Waals surface area contributed by atoms with Gasteiger partial charge in [-0.15, -0.1) is 0 Å². The van der Waals surface area contributed by atoms with Crippen molar-refractivity contribution in [3.8, 4) is 11.3 Å². The first-order valence-corrected chi connectivity index (χ1v) is 8.06. The molecule has 0 aliphatic carbocycles. The third-order valence-corrected chi connectivity index (χ3v) is 4.24. The first kappa shape index (κ1) is 15.8. The Morgan fingerprint density at radius 3 is 2.69 bits per heavy atom. The molecular formula is C18H15N5O3. The van der Waals surface area contributed by atoms with Crippen LogP contribution < -0.4 is 10.5 Å². The number of nitrogens with one attached hydrogen (secondary N) is 2. The minimum atomic E-state index is -1.07. The van der Waals surface area contributed by atoms with Crippen LogP contribution in [-0.4, -0.2) is 37.9 Å². The molecule has 0 spiro atoms. The monoisotopic (exact) mass is 349 g/mol. The fourth-order valence-electron chi connectivity index (χ4n) is 2.98. The summed E-state index contributed by atoms with van der Waals surface area (Å²) < 4.78 is 0. The fourth-order valence-corrected chi connectivity index (χ4v) is 2.98. The first-order chi connectivity index (χ1) is 12.6. The van der Waals surface area contributed by atoms with E-state index in [1.54, 1.807) is 25.1 Å². The molecule has 26 heavy (non-hydrogen) atoms. The Morgan fingerprint density at radius 2 is 1.96 bits per heavy atom. The Hall–Kier alpha value is -3.68. The molecule has 0 bridgehead atoms. The minimum absolute atomic E-state index is 0.241. The Bertz CT molecular complexity index is 1190. The van der Waals surface area contributed by atoms with E-state index >= 15 is 0 Å². The number of hydrogen-bond acceptors (Lipinski definition) is 4. The molecule has 0 aliphatic rings. The molecular weight excluding hydrogens is 334 g/mol. The number of benzene rings is 2. The zero-order chi connectivity index (χ0) is 18.3. The van der Waals surface area contributed by atoms with Gasteiger partial charge in [-0.2, -0.15) is 5.10 Å². The summed E-state index contributed by atoms with van der Waals surface area (Å²) in [6.07, 6.45) is -1.07. The number of carbonyl (C=O) groups is 1. The normalized spacial score (nSPS) is 11.1. The van der Waals surface area contributed by atoms with Crippen molar-refractivity contribution in [1.29, 1.82) is 0 Å². The average Bonchev–Trinajstić information content (AvgIpc) is 3.05. The van der Waals surface area contributed by atoms with Crippen LogP contribution in [-0.2, 0) is 0 Å². The van der Waals surface area contributed by atoms with Crippen molar-refractivity contribution in [2.45, 2.75) is 6.92 Å². The van der Waals surface area contributed by atoms with Crippen molar-refractivity contribution in [3.63, 3.8) is 0 Å². The summed E-state index contributed by atoms with van der Waals surface area (Å²) in [5.74, 6) is 0.270. The van der Waals surface area contributed by atoms with Gasteiger partial charge in [0, 0.05) is 17.5 Å². The van der Waals surface area contributed by atoms with Gasteiger partial charge in [-0.05, 0) is 25.1 Å². The zero-order valence-corrected chi connectivity index (χ0v) is 13.9. The molecule has 0 saturated carbocycles. The summed E-state index contributed by atoms with van der Waals surface area (Å²) in [7, 11) is 0. The summed E-state index contributed by atoms with van der Waals surface area (Å²) in [5, 5.41) is 17.3. The highest BCUT2D eigenvalue weighted by molar-refractivity contribution is 5.96. The molecule has 4 aromatic rings. The number of fused-ring (bicyclic) bond motifs is 2. The lowest BCUT2D eigenvalue weighted by atomic mass is 10.0. The second-order valence-corrected chi connectivity index (χ2v) is 5.77. The Balaban J connectivity index is 1.88. The van der Waals surface area contributed by atoms with Crippen LogP contribution in [0.2, 0.25) is 0 Å². The molecule has 4 rings (SSSR count). The van der Waals surface area contributed by atoms with Crippen molar-refractivity contribution < 1.29 is 9.90 Å². The molecule has 2 heterocycles. The molecule has 0 aliphatic heterocycles. The largest absolute Gasteiger partial charge is 0.465 e. The highest BCUT2D eigenvalue weighted by Gasteiger charge is 2.17. The lowest BCUT2D eigenvalue weighted by Crippen LogP contribution is -2.29. The van der Waals surface area contributed by atoms with E-state index in [9.17, 15) is 14.7 Å². The van der Waals surface area contributed by atoms with Crippen LogP contribution in [0.15, 0.2) is 47.3 Å². The lowest BCUT2D eigenvalue weighted by molar-refractivity contribution is 0.202. The number of nitrogens with zero attached hydrogens (tertiary/aromatic N) is 3. The number of amides is 1. The summed E-state index contributed by atoms with van der Waals surface area (Å²) in [6, 6.07) is 12.7. The van der Waals surface area contributed by atoms with Crippen LogP contribution >= 0.6 is 0 Å². The van der Waals surface area contributed by atoms with Crippen LogP contribution in [0, 0.1) is 0 Å². The van der Waals surface area contributed by atoms with Gasteiger partial charge in [0.1, 0.15) is 0 Å². The van der Waals surface area contributed by atoms with Gasteiger partial charge in [-0.3, -0.25) is 4.79 Å². The van der Waals surface area contributed by atoms with Crippen molar-refractivity contribution in [3.05, 3.63) is 52.8 Å². The SMILES string of the molecule is CCN(C(=O)O)c1nc2ccc(-c3n[nH]c(=O)c4ccccc34)cc2[nH]1. The molecule has 0 radical (unpaired) electrons. The first-order valence-electron chi connectivity index (χ1n) is 8.06. The van der Waals surface area contributed by atoms with Crippen molar-refractivity contribution in [2.24, 2.45) is 0 Å². The number of imidazole rings is 1. The zero-order valence-electron chi connectivity index (χ0n) is 13.9. The summed E-state index contributed by atoms with van der Waals surface area (Å²) in [6.45, 7) is 2.03. The minimum Gasteiger partial charge on any atom is -0.465 e. The van der Waals surface area contributed by atoms with E-state index in [4.69, 9.17) is 0 Å². The highest BCUT2D eigenvalue weighted by Crippen LogP contribution is 2.27. The third-order valence-electron chi connectivity index (χ3n) is 4.24. The summed E-state index contributed by atoms with van der Waals surface area (Å²) >= 11 is 0. The maximum Gasteiger partial charge on any atom is 0.414 e. The Kier molecular flexibility index (Phi) is 3.65. The average molecular weight is 349 g/mol. The van der Waals surface area contributed by atoms with E-state index in [1.165, 1.54) is 0 Å². The second-order valence-electron chi connectivity index (χ2n) is 5.77. The van der Waals surface area contributed by atoms with E-state index in [1.807, 2.05) is 24.3 Å². The Labute approximate surface area is 147 Å². The van der Waals surface area contributed by atoms with Gasteiger partial charge in [0.25, 0.3) is 5.56 Å². The maximum absolute atomic E-state index is 12.0. The molecule has 0 saturated heterocycles. The second kappa shape index (κ2) is 5.99. The van der Waals surface area contributed by atoms with Gasteiger partial charge in [0.05, 0.1) is 22.1 Å². The molecule has 0 atom stereocenters. The van der Waals surface area contributed by atoms with Gasteiger partial charge >= 0.3 is 6.09 Å². The van der Waals surface area contributed by atoms with E-state index in [-0.39, 0.29) is 18.1 Å². The summed E-state index contributed by atoms with van der Waals surface area (Å²) in [4.78, 5) is 31.7. The highest BCUT2D eigenvalue weighted by atomic mass is 16.4. The van der Waals surface area contributed by atoms with E-state index in [0.29, 0.717) is 22.1 Å². The van der Waals surface area contributed by atoms with Crippen molar-refractivity contribution in [1.82, 2.24) is 20.2 Å². The van der Waals surface area contributed by atoms with Gasteiger partial charge in [-0.25, -0.2) is 19.8 Å². The van der Waals surface area contributed by atoms with Crippen LogP contribution in [0.4, 0.5) is 10.7 Å². The molecule has 3 N–H and O–H groups in total. The third kappa shape index (κ3) is 2.48. The van der Waals surface area contributed by atoms with Gasteiger partial charge in [0.15, 0.2) is 0 Å². The standard InChI is InChI=1S/C18H15N5O3/c1-2-23(18(25)26)17-19-13-8-7-10(9-14(13)20-17)15-11-5-3-4-6-12(11)16(24)22-21-15/h3-9H,2H2,1H3,(H,19,20)(H,22,24)(H,25,26). The van der Waals surface area contributed by atoms with E-state index in [2.05, 4.69) is 20.2 Å². The van der Waals surface area contributed by atoms with Crippen LogP contribution in [0.5, 0.6) is 0 Å². The number of hydrogen-bond donors (Lipinski definition) is 3. The van der Waals surface area contributed by atoms with Gasteiger partial charge in [0.2, 0.25) is 5.95 Å². The fraction of sp³-hybridized carbons (Fsp3) is 0.111. The van der Waals surface area contributed by atoms with Crippen molar-refractivity contribution in [2.75, 3.05) is 11.4 Å². The molecule has 1 amide bonds. The molecule has 2 aromatic carbocycles. The van der Waals surface area contributed by atoms with E-state index < -0.39 is 6.09 Å². The lowest BCUT2D eigenvalue weighted by Gasteiger charge is -2.12. The van der Waals surface area contributed by atoms with Crippen LogP contribution in [0.25, 0.3) is 33.1 Å². The molecule has 2 aromatic heterocycles. The predicted molar refractivity (Wildman–Crippen MR) is 98.5 cm³/mol. The number of H-pyrrole nitrogens is 2. The molecule has 0 fully saturated rings. The number of rotatable bonds is 3. The van der Waals surface area contributed by atoms with Gasteiger partial charge < -0.3 is 10.1 Å². The summed E-state index contributed by atoms with van der Waals surface area (Å²) in [5.41, 5.74) is 2.53. The number of anilines is 1. The Morgan fingerprint density at radius 1 is 1.19 bits per heavy atom. The number of aromatic nitrogens is 4. The molecule has 130 valence electrons. The van der Waals surface area contributed by atoms with Gasteiger partial charge in [-0.1, -0.05) is 24.3 Å².